The van der Waals surface area contributed by atoms with E-state index in [1.54, 1.807) is 0 Å². The van der Waals surface area contributed by atoms with Gasteiger partial charge in [-0.05, 0) is 0 Å². The normalized spacial score (nSPS) is 5.83. The van der Waals surface area contributed by atoms with Gasteiger partial charge in [-0.15, -0.1) is 0 Å². The minimum Gasteiger partial charge on any atom is 0 e. The molecular formula is H2NbO3TeZn. The Morgan fingerprint density at radius 1 is 1.33 bits per heavy atom. The van der Waals surface area contributed by atoms with Gasteiger partial charge in [-0.3, -0.25) is 0 Å². The SMILES string of the molecule is O=[Te](O)O.[Nb].[Zn]. The fraction of sp³-hybridized carbons (Fsp3) is 0. The second-order valence-corrected chi connectivity index (χ2v) is 1.55. The molecule has 0 saturated heterocycles. The Hall–Kier alpha value is 1.87. The molecule has 0 aliphatic carbocycles. The summed E-state index contributed by atoms with van der Waals surface area (Å²) in [6, 6.07) is 0. The smallest absolute Gasteiger partial charge is 0 e. The van der Waals surface area contributed by atoms with E-state index < -0.39 is 20.4 Å². The predicted octanol–water partition coefficient (Wildman–Crippen LogP) is -1.62. The van der Waals surface area contributed by atoms with Crippen molar-refractivity contribution in [3.05, 3.63) is 0 Å². The number of rotatable bonds is 0. The van der Waals surface area contributed by atoms with Gasteiger partial charge in [0.2, 0.25) is 0 Å². The Morgan fingerprint density at radius 3 is 1.33 bits per heavy atom. The fourth-order valence-corrected chi connectivity index (χ4v) is 0. The van der Waals surface area contributed by atoms with E-state index in [1.165, 1.54) is 0 Å². The van der Waals surface area contributed by atoms with Crippen LogP contribution in [0.1, 0.15) is 0 Å². The fourth-order valence-electron chi connectivity index (χ4n) is 0. The molecule has 6 heteroatoms. The minimum atomic E-state index is -3.61. The Balaban J connectivity index is -0.0000000450. The zero-order valence-corrected chi connectivity index (χ0v) is 10.4. The van der Waals surface area contributed by atoms with Crippen LogP contribution in [0, 0.1) is 0 Å². The average Bonchev–Trinajstić information content (AvgIpc) is 0.811. The molecule has 2 N–H and O–H groups in total. The first-order valence-electron chi connectivity index (χ1n) is 0.532. The Bertz CT molecular complexity index is 33.8. The molecule has 1 radical (unpaired) electrons. The molecule has 0 aliphatic rings. The first-order chi connectivity index (χ1) is 1.73. The van der Waals surface area contributed by atoms with Crippen LogP contribution in [0.2, 0.25) is 0 Å². The van der Waals surface area contributed by atoms with Crippen molar-refractivity contribution in [2.45, 2.75) is 0 Å². The van der Waals surface area contributed by atoms with Crippen LogP contribution in [0.15, 0.2) is 0 Å². The van der Waals surface area contributed by atoms with Gasteiger partial charge in [0.25, 0.3) is 0 Å². The molecule has 0 bridgehead atoms. The van der Waals surface area contributed by atoms with Crippen molar-refractivity contribution in [2.24, 2.45) is 0 Å². The topological polar surface area (TPSA) is 57.5 Å². The van der Waals surface area contributed by atoms with Crippen LogP contribution >= 0.6 is 0 Å². The number of hydrogen-bond acceptors (Lipinski definition) is 1. The monoisotopic (exact) mass is 337 g/mol. The van der Waals surface area contributed by atoms with E-state index in [4.69, 9.17) is 10.0 Å². The van der Waals surface area contributed by atoms with Crippen LogP contribution in [-0.4, -0.2) is 27.3 Å². The van der Waals surface area contributed by atoms with Crippen LogP contribution in [0.5, 0.6) is 0 Å². The third-order valence-corrected chi connectivity index (χ3v) is 0. The Labute approximate surface area is 71.5 Å². The van der Waals surface area contributed by atoms with Gasteiger partial charge in [-0.2, -0.15) is 0 Å². The van der Waals surface area contributed by atoms with Crippen molar-refractivity contribution in [1.82, 2.24) is 0 Å². The van der Waals surface area contributed by atoms with E-state index in [1.807, 2.05) is 0 Å². The summed E-state index contributed by atoms with van der Waals surface area (Å²) >= 11 is -3.61. The standard InChI is InChI=1S/Nb.H2O3Te.Zn/c;1-4(2)3;/h;(H2,1,2,3);. The van der Waals surface area contributed by atoms with E-state index in [9.17, 15) is 0 Å². The maximum atomic E-state index is 8.81. The first-order valence-corrected chi connectivity index (χ1v) is 3.57. The van der Waals surface area contributed by atoms with Gasteiger partial charge in [0.15, 0.2) is 0 Å². The Kier molecular flexibility index (Phi) is 26.1. The zero-order valence-electron chi connectivity index (χ0n) is 2.87. The third-order valence-electron chi connectivity index (χ3n) is 0. The minimum absolute atomic E-state index is 0. The van der Waals surface area contributed by atoms with E-state index in [2.05, 4.69) is 0 Å². The summed E-state index contributed by atoms with van der Waals surface area (Å²) in [6.07, 6.45) is 0. The maximum Gasteiger partial charge on any atom is 0 e. The molecule has 0 atom stereocenters. The Morgan fingerprint density at radius 2 is 1.33 bits per heavy atom. The number of hydrogen-bond donors (Lipinski definition) is 2. The average molecular weight is 336 g/mol. The van der Waals surface area contributed by atoms with Crippen LogP contribution in [0.25, 0.3) is 0 Å². The van der Waals surface area contributed by atoms with Gasteiger partial charge >= 0.3 is 30.4 Å². The van der Waals surface area contributed by atoms with E-state index in [0.717, 1.165) is 0 Å². The van der Waals surface area contributed by atoms with Crippen molar-refractivity contribution in [2.75, 3.05) is 0 Å². The summed E-state index contributed by atoms with van der Waals surface area (Å²) in [5, 5.41) is 0. The molecule has 6 heavy (non-hydrogen) atoms. The second kappa shape index (κ2) is 9.98. The molecule has 0 aromatic carbocycles. The van der Waals surface area contributed by atoms with Gasteiger partial charge < -0.3 is 0 Å². The summed E-state index contributed by atoms with van der Waals surface area (Å²) in [5.41, 5.74) is 0. The summed E-state index contributed by atoms with van der Waals surface area (Å²) in [5.74, 6) is 0. The molecule has 0 aromatic heterocycles. The van der Waals surface area contributed by atoms with E-state index in [0.29, 0.717) is 0 Å². The van der Waals surface area contributed by atoms with Crippen LogP contribution < -0.4 is 0 Å². The van der Waals surface area contributed by atoms with Crippen LogP contribution in [0.4, 0.5) is 0 Å². The van der Waals surface area contributed by atoms with Crippen molar-refractivity contribution in [3.63, 3.8) is 0 Å². The molecule has 0 aromatic rings. The predicted molar refractivity (Wildman–Crippen MR) is 10.9 cm³/mol. The van der Waals surface area contributed by atoms with Crippen molar-refractivity contribution >= 4 is 20.4 Å². The van der Waals surface area contributed by atoms with Crippen LogP contribution in [-0.2, 0) is 45.0 Å². The van der Waals surface area contributed by atoms with Gasteiger partial charge in [0.1, 0.15) is 0 Å². The summed E-state index contributed by atoms with van der Waals surface area (Å²) < 4.78 is 23.3. The molecule has 0 saturated carbocycles. The summed E-state index contributed by atoms with van der Waals surface area (Å²) in [7, 11) is 0. The molecule has 0 unspecified atom stereocenters. The third kappa shape index (κ3) is 39.7. The van der Waals surface area contributed by atoms with Crippen molar-refractivity contribution < 1.29 is 51.9 Å². The summed E-state index contributed by atoms with van der Waals surface area (Å²) in [6.45, 7) is 0. The maximum absolute atomic E-state index is 8.81. The molecular weight excluding hydrogens is 334 g/mol. The van der Waals surface area contributed by atoms with Gasteiger partial charge in [-0.25, -0.2) is 0 Å². The van der Waals surface area contributed by atoms with Crippen molar-refractivity contribution in [1.29, 1.82) is 0 Å². The molecule has 0 aliphatic heterocycles. The van der Waals surface area contributed by atoms with Gasteiger partial charge in [0.05, 0.1) is 0 Å². The molecule has 0 amide bonds. The molecule has 0 fully saturated rings. The van der Waals surface area contributed by atoms with E-state index in [-0.39, 0.29) is 41.9 Å². The van der Waals surface area contributed by atoms with Gasteiger partial charge in [0, 0.05) is 41.9 Å². The first kappa shape index (κ1) is 15.7. The second-order valence-electron chi connectivity index (χ2n) is 0.231. The van der Waals surface area contributed by atoms with Crippen molar-refractivity contribution in [3.8, 4) is 0 Å². The molecule has 3 nitrogen and oxygen atoms in total. The largest absolute Gasteiger partial charge is 0 e. The van der Waals surface area contributed by atoms with E-state index >= 15 is 0 Å². The molecule has 0 heterocycles. The molecule has 0 spiro atoms. The zero-order chi connectivity index (χ0) is 3.58. The molecule has 0 rings (SSSR count). The summed E-state index contributed by atoms with van der Waals surface area (Å²) in [4.78, 5) is 0. The van der Waals surface area contributed by atoms with Gasteiger partial charge in [-0.1, -0.05) is 0 Å². The molecule has 33 valence electrons. The quantitative estimate of drug-likeness (QED) is 0.523. The van der Waals surface area contributed by atoms with Crippen LogP contribution in [0.3, 0.4) is 0 Å².